The molecule has 0 aromatic heterocycles. The van der Waals surface area contributed by atoms with Crippen LogP contribution in [0.15, 0.2) is 0 Å². The molecule has 0 amide bonds. The second kappa shape index (κ2) is 61.6. The summed E-state index contributed by atoms with van der Waals surface area (Å²) in [6, 6.07) is 0. The average molecular weight is 1280 g/mol. The van der Waals surface area contributed by atoms with E-state index >= 15 is 0 Å². The lowest BCUT2D eigenvalue weighted by Gasteiger charge is -2.21. The molecule has 0 spiro atoms. The summed E-state index contributed by atoms with van der Waals surface area (Å²) in [7, 11) is -9.88. The van der Waals surface area contributed by atoms with Gasteiger partial charge in [-0.3, -0.25) is 37.3 Å². The second-order valence-electron chi connectivity index (χ2n) is 24.8. The van der Waals surface area contributed by atoms with E-state index in [4.69, 9.17) is 37.0 Å². The molecule has 0 aliphatic carbocycles. The van der Waals surface area contributed by atoms with Crippen LogP contribution in [0.3, 0.4) is 0 Å². The highest BCUT2D eigenvalue weighted by atomic mass is 31.2. The van der Waals surface area contributed by atoms with Gasteiger partial charge < -0.3 is 33.8 Å². The maximum absolute atomic E-state index is 13.0. The Hall–Kier alpha value is -1.94. The highest BCUT2D eigenvalue weighted by molar-refractivity contribution is 7.47. The maximum Gasteiger partial charge on any atom is 0.472 e. The lowest BCUT2D eigenvalue weighted by Crippen LogP contribution is -2.30. The molecule has 0 fully saturated rings. The van der Waals surface area contributed by atoms with Crippen LogP contribution in [0.4, 0.5) is 0 Å². The standard InChI is InChI=1S/C68H132O17P2/c1-6-10-13-16-19-21-22-23-24-25-26-27-28-29-30-31-32-33-34-37-44-49-54-68(73)85-64(58-79-66(71)52-47-42-39-38-40-45-50-61(5)9-4)60-83-87(76,77)81-56-62(69)55-80-86(74,75)82-59-63(57-78-65(70)51-46-41-35-18-15-12-8-3)84-67(72)53-48-43-36-20-17-14-11-7-2/h61-64,69H,6-60H2,1-5H3,(H,74,75)(H,76,77)/t61?,62-,63+,64+/m0/s1. The van der Waals surface area contributed by atoms with Crippen molar-refractivity contribution in [2.75, 3.05) is 39.6 Å². The van der Waals surface area contributed by atoms with Gasteiger partial charge in [-0.1, -0.05) is 298 Å². The van der Waals surface area contributed by atoms with Crippen LogP contribution in [0.1, 0.15) is 349 Å². The molecule has 0 aliphatic heterocycles. The summed E-state index contributed by atoms with van der Waals surface area (Å²) in [6.45, 7) is 7.11. The number of carbonyl (C=O) groups is 4. The molecular formula is C68H132O17P2. The van der Waals surface area contributed by atoms with Crippen LogP contribution in [-0.4, -0.2) is 96.7 Å². The third-order valence-electron chi connectivity index (χ3n) is 16.1. The molecule has 0 saturated carbocycles. The van der Waals surface area contributed by atoms with Crippen LogP contribution in [0.2, 0.25) is 0 Å². The molecule has 0 aromatic carbocycles. The third kappa shape index (κ3) is 61.3. The number of aliphatic hydroxyl groups excluding tert-OH is 1. The van der Waals surface area contributed by atoms with Crippen LogP contribution < -0.4 is 0 Å². The predicted octanol–water partition coefficient (Wildman–Crippen LogP) is 19.4. The van der Waals surface area contributed by atoms with Crippen molar-refractivity contribution in [2.24, 2.45) is 5.92 Å². The van der Waals surface area contributed by atoms with Crippen LogP contribution in [0.25, 0.3) is 0 Å². The van der Waals surface area contributed by atoms with E-state index in [9.17, 15) is 43.2 Å². The summed E-state index contributed by atoms with van der Waals surface area (Å²) in [4.78, 5) is 72.1. The zero-order chi connectivity index (χ0) is 64.2. The zero-order valence-corrected chi connectivity index (χ0v) is 57.9. The highest BCUT2D eigenvalue weighted by Gasteiger charge is 2.30. The Kier molecular flexibility index (Phi) is 60.2. The predicted molar refractivity (Wildman–Crippen MR) is 349 cm³/mol. The first-order valence-electron chi connectivity index (χ1n) is 35.7. The minimum atomic E-state index is -4.95. The lowest BCUT2D eigenvalue weighted by molar-refractivity contribution is -0.161. The van der Waals surface area contributed by atoms with Crippen molar-refractivity contribution < 1.29 is 80.2 Å². The lowest BCUT2D eigenvalue weighted by atomic mass is 10.00. The molecule has 516 valence electrons. The Morgan fingerprint density at radius 3 is 0.816 bits per heavy atom. The minimum Gasteiger partial charge on any atom is -0.462 e. The first-order valence-corrected chi connectivity index (χ1v) is 38.7. The summed E-state index contributed by atoms with van der Waals surface area (Å²) < 4.78 is 67.9. The molecule has 19 heteroatoms. The van der Waals surface area contributed by atoms with Crippen molar-refractivity contribution in [3.05, 3.63) is 0 Å². The Bertz CT molecular complexity index is 1690. The number of rotatable bonds is 68. The van der Waals surface area contributed by atoms with Crippen LogP contribution in [0.5, 0.6) is 0 Å². The molecule has 0 heterocycles. The summed E-state index contributed by atoms with van der Waals surface area (Å²) in [5.74, 6) is -1.41. The first kappa shape index (κ1) is 85.1. The smallest absolute Gasteiger partial charge is 0.462 e. The number of hydrogen-bond acceptors (Lipinski definition) is 15. The largest absolute Gasteiger partial charge is 0.472 e. The SMILES string of the molecule is CCCCCCCCCCCCCCCCCCCCCCCCC(=O)O[C@H](COC(=O)CCCCCCCCC(C)CC)COP(=O)(O)OC[C@@H](O)COP(=O)(O)OC[C@@H](COC(=O)CCCCCCCCC)OC(=O)CCCCCCCCCC. The number of ether oxygens (including phenoxy) is 4. The van der Waals surface area contributed by atoms with Gasteiger partial charge in [-0.2, -0.15) is 0 Å². The van der Waals surface area contributed by atoms with E-state index in [-0.39, 0.29) is 25.7 Å². The number of unbranched alkanes of at least 4 members (excludes halogenated alkanes) is 39. The van der Waals surface area contributed by atoms with Gasteiger partial charge in [-0.15, -0.1) is 0 Å². The van der Waals surface area contributed by atoms with Crippen molar-refractivity contribution in [1.82, 2.24) is 0 Å². The van der Waals surface area contributed by atoms with Crippen molar-refractivity contribution in [2.45, 2.75) is 368 Å². The number of phosphoric ester groups is 2. The molecule has 17 nitrogen and oxygen atoms in total. The van der Waals surface area contributed by atoms with Gasteiger partial charge in [0.25, 0.3) is 0 Å². The molecule has 0 saturated heterocycles. The van der Waals surface area contributed by atoms with Gasteiger partial charge in [0.05, 0.1) is 26.4 Å². The van der Waals surface area contributed by atoms with E-state index in [1.54, 1.807) is 0 Å². The van der Waals surface area contributed by atoms with Gasteiger partial charge in [0.1, 0.15) is 19.3 Å². The molecule has 3 N–H and O–H groups in total. The number of phosphoric acid groups is 2. The summed E-state index contributed by atoms with van der Waals surface area (Å²) in [5.41, 5.74) is 0. The van der Waals surface area contributed by atoms with Gasteiger partial charge in [0, 0.05) is 25.7 Å². The van der Waals surface area contributed by atoms with Crippen molar-refractivity contribution in [1.29, 1.82) is 0 Å². The van der Waals surface area contributed by atoms with Crippen LogP contribution in [0, 0.1) is 5.92 Å². The monoisotopic (exact) mass is 1280 g/mol. The fourth-order valence-electron chi connectivity index (χ4n) is 10.3. The Morgan fingerprint density at radius 2 is 0.552 bits per heavy atom. The van der Waals surface area contributed by atoms with E-state index in [2.05, 4.69) is 34.6 Å². The summed E-state index contributed by atoms with van der Waals surface area (Å²) >= 11 is 0. The first-order chi connectivity index (χ1) is 42.1. The summed E-state index contributed by atoms with van der Waals surface area (Å²) in [6.07, 6.45) is 47.7. The van der Waals surface area contributed by atoms with Crippen molar-refractivity contribution >= 4 is 39.5 Å². The molecule has 0 radical (unpaired) electrons. The molecule has 0 bridgehead atoms. The molecule has 0 aromatic rings. The van der Waals surface area contributed by atoms with Gasteiger partial charge >= 0.3 is 39.5 Å². The van der Waals surface area contributed by atoms with Gasteiger partial charge in [0.15, 0.2) is 12.2 Å². The molecular weight excluding hydrogens is 1150 g/mol. The van der Waals surface area contributed by atoms with Crippen molar-refractivity contribution in [3.63, 3.8) is 0 Å². The molecule has 3 unspecified atom stereocenters. The number of hydrogen-bond donors (Lipinski definition) is 3. The molecule has 6 atom stereocenters. The topological polar surface area (TPSA) is 237 Å². The number of carbonyl (C=O) groups excluding carboxylic acids is 4. The average Bonchev–Trinajstić information content (AvgIpc) is 3.70. The Morgan fingerprint density at radius 1 is 0.322 bits per heavy atom. The van der Waals surface area contributed by atoms with E-state index in [0.717, 1.165) is 121 Å². The van der Waals surface area contributed by atoms with Gasteiger partial charge in [0.2, 0.25) is 0 Å². The quantitative estimate of drug-likeness (QED) is 0.0222. The van der Waals surface area contributed by atoms with Gasteiger partial charge in [-0.05, 0) is 31.6 Å². The number of esters is 4. The second-order valence-corrected chi connectivity index (χ2v) is 27.7. The fourth-order valence-corrected chi connectivity index (χ4v) is 11.8. The molecule has 87 heavy (non-hydrogen) atoms. The van der Waals surface area contributed by atoms with E-state index < -0.39 is 97.5 Å². The third-order valence-corrected chi connectivity index (χ3v) is 18.0. The van der Waals surface area contributed by atoms with Gasteiger partial charge in [-0.25, -0.2) is 9.13 Å². The zero-order valence-electron chi connectivity index (χ0n) is 56.2. The fraction of sp³-hybridized carbons (Fsp3) is 0.941. The van der Waals surface area contributed by atoms with E-state index in [0.29, 0.717) is 25.7 Å². The molecule has 0 rings (SSSR count). The Labute approximate surface area is 530 Å². The highest BCUT2D eigenvalue weighted by Crippen LogP contribution is 2.45. The minimum absolute atomic E-state index is 0.105. The number of aliphatic hydroxyl groups is 1. The van der Waals surface area contributed by atoms with Crippen molar-refractivity contribution in [3.8, 4) is 0 Å². The van der Waals surface area contributed by atoms with Crippen LogP contribution >= 0.6 is 15.6 Å². The van der Waals surface area contributed by atoms with E-state index in [1.165, 1.54) is 148 Å². The molecule has 0 aliphatic rings. The maximum atomic E-state index is 13.0. The van der Waals surface area contributed by atoms with Crippen LogP contribution in [-0.2, 0) is 65.4 Å². The van der Waals surface area contributed by atoms with E-state index in [1.807, 2.05) is 0 Å². The Balaban J connectivity index is 5.07. The normalized spacial score (nSPS) is 14.4. The summed E-state index contributed by atoms with van der Waals surface area (Å²) in [5, 5.41) is 10.5.